The molecule has 0 aliphatic rings. The van der Waals surface area contributed by atoms with Crippen molar-refractivity contribution in [2.45, 2.75) is 43.8 Å². The molecule has 0 saturated carbocycles. The number of nitrogens with one attached hydrogen (secondary N) is 4. The van der Waals surface area contributed by atoms with Crippen LogP contribution >= 0.6 is 0 Å². The van der Waals surface area contributed by atoms with Crippen molar-refractivity contribution in [2.24, 2.45) is 5.73 Å². The lowest BCUT2D eigenvalue weighted by atomic mass is 10.1. The van der Waals surface area contributed by atoms with Gasteiger partial charge in [0.25, 0.3) is 0 Å². The van der Waals surface area contributed by atoms with E-state index >= 15 is 0 Å². The molecule has 176 valence electrons. The number of H-pyrrole nitrogens is 1. The van der Waals surface area contributed by atoms with Gasteiger partial charge in [0, 0.05) is 24.7 Å². The number of aliphatic carboxylic acids is 3. The largest absolute Gasteiger partial charge is 0.481 e. The Hall–Kier alpha value is -4.01. The Balaban J connectivity index is 3.02. The van der Waals surface area contributed by atoms with Crippen LogP contribution in [-0.4, -0.2) is 85.6 Å². The quantitative estimate of drug-likeness (QED) is 0.138. The molecule has 0 aliphatic carbocycles. The molecule has 15 heteroatoms. The Kier molecular flexibility index (Phi) is 10.3. The summed E-state index contributed by atoms with van der Waals surface area (Å²) in [6.07, 6.45) is 0.722. The van der Waals surface area contributed by atoms with Gasteiger partial charge in [0.1, 0.15) is 18.1 Å². The number of hydrogen-bond donors (Lipinski definition) is 8. The fraction of sp³-hybridized carbons (Fsp3) is 0.471. The Morgan fingerprint density at radius 2 is 1.56 bits per heavy atom. The van der Waals surface area contributed by atoms with Gasteiger partial charge in [0.15, 0.2) is 0 Å². The lowest BCUT2D eigenvalue weighted by Gasteiger charge is -2.23. The number of nitrogens with two attached hydrogens (primary N) is 1. The van der Waals surface area contributed by atoms with Crippen LogP contribution in [0.1, 0.15) is 25.0 Å². The van der Waals surface area contributed by atoms with E-state index in [1.807, 2.05) is 0 Å². The summed E-state index contributed by atoms with van der Waals surface area (Å²) in [7, 11) is 0. The third-order valence-electron chi connectivity index (χ3n) is 4.09. The standard InChI is InChI=1S/C17H24N6O9/c18-5-12(24)21-11(4-14(27)28)16(30)23-10(3-8-6-19-7-20-8)15(29)22-9(17(31)32)1-2-13(25)26/h6-7,9-11H,1-5,18H2,(H,19,20)(H,21,24)(H,22,29)(H,23,30)(H,25,26)(H,27,28)(H,31,32). The summed E-state index contributed by atoms with van der Waals surface area (Å²) in [5, 5.41) is 33.5. The molecule has 0 saturated heterocycles. The minimum absolute atomic E-state index is 0.187. The molecule has 3 unspecified atom stereocenters. The van der Waals surface area contributed by atoms with Crippen molar-refractivity contribution in [1.29, 1.82) is 0 Å². The summed E-state index contributed by atoms with van der Waals surface area (Å²) in [5.74, 6) is -6.95. The molecule has 0 aromatic carbocycles. The molecule has 32 heavy (non-hydrogen) atoms. The number of carbonyl (C=O) groups is 6. The molecule has 3 atom stereocenters. The van der Waals surface area contributed by atoms with E-state index in [1.165, 1.54) is 12.5 Å². The maximum atomic E-state index is 12.7. The molecule has 3 amide bonds. The van der Waals surface area contributed by atoms with Crippen molar-refractivity contribution in [3.8, 4) is 0 Å². The average molecular weight is 456 g/mol. The second-order valence-corrected chi connectivity index (χ2v) is 6.60. The van der Waals surface area contributed by atoms with Gasteiger partial charge in [-0.15, -0.1) is 0 Å². The van der Waals surface area contributed by atoms with Gasteiger partial charge in [-0.25, -0.2) is 9.78 Å². The number of nitrogens with zero attached hydrogens (tertiary/aromatic N) is 1. The van der Waals surface area contributed by atoms with Gasteiger partial charge in [-0.05, 0) is 6.42 Å². The Labute approximate surface area is 180 Å². The number of carbonyl (C=O) groups excluding carboxylic acids is 3. The van der Waals surface area contributed by atoms with Crippen LogP contribution in [0.3, 0.4) is 0 Å². The number of rotatable bonds is 14. The number of amides is 3. The number of carboxylic acid groups (broad SMARTS) is 3. The third-order valence-corrected chi connectivity index (χ3v) is 4.09. The number of hydrogen-bond acceptors (Lipinski definition) is 8. The van der Waals surface area contributed by atoms with Crippen molar-refractivity contribution < 1.29 is 44.1 Å². The molecular weight excluding hydrogens is 432 g/mol. The van der Waals surface area contributed by atoms with Gasteiger partial charge < -0.3 is 42.0 Å². The average Bonchev–Trinajstić information content (AvgIpc) is 3.22. The number of aromatic nitrogens is 2. The molecule has 1 aromatic heterocycles. The van der Waals surface area contributed by atoms with Gasteiger partial charge in [0.2, 0.25) is 17.7 Å². The van der Waals surface area contributed by atoms with Gasteiger partial charge in [-0.3, -0.25) is 24.0 Å². The van der Waals surface area contributed by atoms with Gasteiger partial charge in [-0.2, -0.15) is 0 Å². The highest BCUT2D eigenvalue weighted by atomic mass is 16.4. The van der Waals surface area contributed by atoms with Crippen molar-refractivity contribution in [2.75, 3.05) is 6.54 Å². The zero-order chi connectivity index (χ0) is 24.3. The van der Waals surface area contributed by atoms with Gasteiger partial charge in [0.05, 0.1) is 19.3 Å². The first kappa shape index (κ1) is 26.0. The maximum absolute atomic E-state index is 12.7. The molecule has 1 rings (SSSR count). The van der Waals surface area contributed by atoms with Crippen molar-refractivity contribution >= 4 is 35.6 Å². The number of aromatic amines is 1. The van der Waals surface area contributed by atoms with Crippen LogP contribution in [0.2, 0.25) is 0 Å². The van der Waals surface area contributed by atoms with Crippen LogP contribution in [0.15, 0.2) is 12.5 Å². The molecule has 1 aromatic rings. The van der Waals surface area contributed by atoms with Crippen LogP contribution in [0.25, 0.3) is 0 Å². The zero-order valence-electron chi connectivity index (χ0n) is 16.7. The highest BCUT2D eigenvalue weighted by Gasteiger charge is 2.31. The van der Waals surface area contributed by atoms with E-state index in [9.17, 15) is 33.9 Å². The van der Waals surface area contributed by atoms with Gasteiger partial charge >= 0.3 is 17.9 Å². The van der Waals surface area contributed by atoms with E-state index in [0.29, 0.717) is 5.69 Å². The smallest absolute Gasteiger partial charge is 0.326 e. The first-order valence-corrected chi connectivity index (χ1v) is 9.27. The topological polar surface area (TPSA) is 254 Å². The van der Waals surface area contributed by atoms with Crippen molar-refractivity contribution in [1.82, 2.24) is 25.9 Å². The summed E-state index contributed by atoms with van der Waals surface area (Å²) in [5.41, 5.74) is 5.54. The molecule has 15 nitrogen and oxygen atoms in total. The van der Waals surface area contributed by atoms with Crippen LogP contribution in [0.4, 0.5) is 0 Å². The molecule has 1 heterocycles. The summed E-state index contributed by atoms with van der Waals surface area (Å²) in [4.78, 5) is 76.4. The molecule has 0 fully saturated rings. The normalized spacial score (nSPS) is 13.3. The van der Waals surface area contributed by atoms with E-state index in [2.05, 4.69) is 25.9 Å². The monoisotopic (exact) mass is 456 g/mol. The summed E-state index contributed by atoms with van der Waals surface area (Å²) in [6.45, 7) is -0.509. The summed E-state index contributed by atoms with van der Waals surface area (Å²) >= 11 is 0. The Morgan fingerprint density at radius 3 is 2.06 bits per heavy atom. The number of carboxylic acids is 3. The molecule has 0 radical (unpaired) electrons. The van der Waals surface area contributed by atoms with Crippen molar-refractivity contribution in [3.05, 3.63) is 18.2 Å². The fourth-order valence-electron chi connectivity index (χ4n) is 2.53. The number of imidazole rings is 1. The lowest BCUT2D eigenvalue weighted by Crippen LogP contribution is -2.57. The van der Waals surface area contributed by atoms with Crippen molar-refractivity contribution in [3.63, 3.8) is 0 Å². The Morgan fingerprint density at radius 1 is 0.938 bits per heavy atom. The zero-order valence-corrected chi connectivity index (χ0v) is 16.7. The predicted molar refractivity (Wildman–Crippen MR) is 104 cm³/mol. The van der Waals surface area contributed by atoms with E-state index in [0.717, 1.165) is 0 Å². The fourth-order valence-corrected chi connectivity index (χ4v) is 2.53. The maximum Gasteiger partial charge on any atom is 0.326 e. The van der Waals surface area contributed by atoms with E-state index < -0.39 is 79.6 Å². The molecule has 0 spiro atoms. The second kappa shape index (κ2) is 12.6. The second-order valence-electron chi connectivity index (χ2n) is 6.60. The molecule has 9 N–H and O–H groups in total. The van der Waals surface area contributed by atoms with E-state index in [-0.39, 0.29) is 6.42 Å². The first-order valence-electron chi connectivity index (χ1n) is 9.27. The third kappa shape index (κ3) is 9.21. The molecule has 0 aliphatic heterocycles. The summed E-state index contributed by atoms with van der Waals surface area (Å²) in [6, 6.07) is -4.50. The van der Waals surface area contributed by atoms with E-state index in [1.54, 1.807) is 0 Å². The minimum Gasteiger partial charge on any atom is -0.481 e. The molecule has 0 bridgehead atoms. The SMILES string of the molecule is NCC(=O)NC(CC(=O)O)C(=O)NC(Cc1cnc[nH]1)C(=O)NC(CCC(=O)O)C(=O)O. The first-order chi connectivity index (χ1) is 15.0. The summed E-state index contributed by atoms with van der Waals surface area (Å²) < 4.78 is 0. The van der Waals surface area contributed by atoms with Crippen LogP contribution in [0.5, 0.6) is 0 Å². The van der Waals surface area contributed by atoms with Crippen LogP contribution in [-0.2, 0) is 35.2 Å². The van der Waals surface area contributed by atoms with Gasteiger partial charge in [-0.1, -0.05) is 0 Å². The minimum atomic E-state index is -1.55. The predicted octanol–water partition coefficient (Wildman–Crippen LogP) is -3.21. The highest BCUT2D eigenvalue weighted by molar-refractivity contribution is 5.95. The van der Waals surface area contributed by atoms with Crippen LogP contribution in [0, 0.1) is 0 Å². The van der Waals surface area contributed by atoms with E-state index in [4.69, 9.17) is 15.9 Å². The lowest BCUT2D eigenvalue weighted by molar-refractivity contribution is -0.144. The highest BCUT2D eigenvalue weighted by Crippen LogP contribution is 2.04. The van der Waals surface area contributed by atoms with Crippen LogP contribution < -0.4 is 21.7 Å². The Bertz CT molecular complexity index is 842. The molecular formula is C17H24N6O9.